The number of nitrogens with zero attached hydrogens (tertiary/aromatic N) is 2. The molecule has 1 N–H and O–H groups in total. The molecule has 2 heterocycles. The van der Waals surface area contributed by atoms with E-state index in [1.165, 1.54) is 0 Å². The van der Waals surface area contributed by atoms with Gasteiger partial charge in [-0.25, -0.2) is 5.43 Å². The zero-order valence-electron chi connectivity index (χ0n) is 14.8. The molecule has 0 atom stereocenters. The molecule has 2 aromatic heterocycles. The molecule has 0 fully saturated rings. The zero-order valence-corrected chi connectivity index (χ0v) is 14.8. The summed E-state index contributed by atoms with van der Waals surface area (Å²) in [6.45, 7) is 7.08. The molecule has 0 aliphatic carbocycles. The first-order valence-corrected chi connectivity index (χ1v) is 8.11. The van der Waals surface area contributed by atoms with Crippen LogP contribution in [0.5, 0.6) is 5.75 Å². The van der Waals surface area contributed by atoms with Crippen molar-refractivity contribution >= 4 is 23.1 Å². The summed E-state index contributed by atoms with van der Waals surface area (Å²) in [6.07, 6.45) is 1.65. The van der Waals surface area contributed by atoms with Gasteiger partial charge in [-0.2, -0.15) is 5.10 Å². The fraction of sp³-hybridized carbons (Fsp3) is 0.263. The molecular weight excluding hydrogens is 318 g/mol. The first-order valence-electron chi connectivity index (χ1n) is 8.11. The SMILES string of the molecule is CCn1c(C)cc(/C=N\NC(=O)c2cc3cccc(OC)c3o2)c1C. The fourth-order valence-electron chi connectivity index (χ4n) is 2.97. The third-order valence-electron chi connectivity index (χ3n) is 4.25. The number of carbonyl (C=O) groups excluding carboxylic acids is 1. The van der Waals surface area contributed by atoms with Gasteiger partial charge in [0.05, 0.1) is 13.3 Å². The highest BCUT2D eigenvalue weighted by atomic mass is 16.5. The smallest absolute Gasteiger partial charge is 0.307 e. The number of hydrazone groups is 1. The molecule has 130 valence electrons. The first-order chi connectivity index (χ1) is 12.0. The van der Waals surface area contributed by atoms with Gasteiger partial charge in [0.2, 0.25) is 0 Å². The zero-order chi connectivity index (χ0) is 18.0. The molecule has 1 aromatic carbocycles. The molecule has 0 spiro atoms. The van der Waals surface area contributed by atoms with Gasteiger partial charge in [0, 0.05) is 28.9 Å². The Labute approximate surface area is 146 Å². The number of amides is 1. The number of nitrogens with one attached hydrogen (secondary N) is 1. The Morgan fingerprint density at radius 2 is 2.16 bits per heavy atom. The lowest BCUT2D eigenvalue weighted by Crippen LogP contribution is -2.16. The van der Waals surface area contributed by atoms with Crippen molar-refractivity contribution in [3.63, 3.8) is 0 Å². The number of fused-ring (bicyclic) bond motifs is 1. The molecule has 0 bridgehead atoms. The summed E-state index contributed by atoms with van der Waals surface area (Å²) in [5, 5.41) is 4.86. The lowest BCUT2D eigenvalue weighted by atomic mass is 10.2. The Morgan fingerprint density at radius 1 is 1.36 bits per heavy atom. The van der Waals surface area contributed by atoms with E-state index in [-0.39, 0.29) is 5.76 Å². The number of benzene rings is 1. The van der Waals surface area contributed by atoms with Gasteiger partial charge in [0.1, 0.15) is 0 Å². The quantitative estimate of drug-likeness (QED) is 0.570. The number of carbonyl (C=O) groups is 1. The van der Waals surface area contributed by atoms with Crippen molar-refractivity contribution in [2.24, 2.45) is 5.10 Å². The van der Waals surface area contributed by atoms with Crippen LogP contribution in [0.1, 0.15) is 34.4 Å². The summed E-state index contributed by atoms with van der Waals surface area (Å²) in [7, 11) is 1.56. The first kappa shape index (κ1) is 16.8. The third kappa shape index (κ3) is 3.15. The highest BCUT2D eigenvalue weighted by Gasteiger charge is 2.14. The van der Waals surface area contributed by atoms with Crippen molar-refractivity contribution in [1.82, 2.24) is 9.99 Å². The van der Waals surface area contributed by atoms with E-state index < -0.39 is 5.91 Å². The third-order valence-corrected chi connectivity index (χ3v) is 4.25. The topological polar surface area (TPSA) is 68.8 Å². The molecule has 6 heteroatoms. The number of hydrogen-bond acceptors (Lipinski definition) is 4. The molecule has 0 aliphatic heterocycles. The standard InChI is InChI=1S/C19H21N3O3/c1-5-22-12(2)9-15(13(22)3)11-20-21-19(23)17-10-14-7-6-8-16(24-4)18(14)25-17/h6-11H,5H2,1-4H3,(H,21,23)/b20-11-. The summed E-state index contributed by atoms with van der Waals surface area (Å²) in [5.74, 6) is 0.376. The van der Waals surface area contributed by atoms with Crippen LogP contribution in [0.4, 0.5) is 0 Å². The summed E-state index contributed by atoms with van der Waals surface area (Å²) >= 11 is 0. The van der Waals surface area contributed by atoms with Gasteiger partial charge >= 0.3 is 5.91 Å². The van der Waals surface area contributed by atoms with Gasteiger partial charge in [0.15, 0.2) is 17.1 Å². The summed E-state index contributed by atoms with van der Waals surface area (Å²) < 4.78 is 13.0. The molecule has 1 amide bonds. The van der Waals surface area contributed by atoms with Gasteiger partial charge in [-0.3, -0.25) is 4.79 Å². The summed E-state index contributed by atoms with van der Waals surface area (Å²) in [4.78, 5) is 12.3. The molecule has 3 aromatic rings. The number of ether oxygens (including phenoxy) is 1. The van der Waals surface area contributed by atoms with E-state index >= 15 is 0 Å². The van der Waals surface area contributed by atoms with Crippen molar-refractivity contribution in [2.45, 2.75) is 27.3 Å². The summed E-state index contributed by atoms with van der Waals surface area (Å²) in [6, 6.07) is 9.21. The molecule has 0 saturated carbocycles. The normalized spacial score (nSPS) is 11.4. The number of aryl methyl sites for hydroxylation is 1. The van der Waals surface area contributed by atoms with Crippen LogP contribution in [0.2, 0.25) is 0 Å². The molecule has 6 nitrogen and oxygen atoms in total. The molecule has 25 heavy (non-hydrogen) atoms. The molecule has 0 unspecified atom stereocenters. The maximum absolute atomic E-state index is 12.3. The molecule has 0 radical (unpaired) electrons. The Hall–Kier alpha value is -3.02. The second kappa shape index (κ2) is 6.84. The van der Waals surface area contributed by atoms with Crippen LogP contribution in [0.3, 0.4) is 0 Å². The number of furan rings is 1. The predicted octanol–water partition coefficient (Wildman–Crippen LogP) is 3.64. The van der Waals surface area contributed by atoms with Gasteiger partial charge in [-0.15, -0.1) is 0 Å². The van der Waals surface area contributed by atoms with Crippen LogP contribution in [-0.4, -0.2) is 23.8 Å². The monoisotopic (exact) mass is 339 g/mol. The van der Waals surface area contributed by atoms with Crippen molar-refractivity contribution in [1.29, 1.82) is 0 Å². The molecule has 0 aliphatic rings. The maximum atomic E-state index is 12.3. The van der Waals surface area contributed by atoms with Crippen LogP contribution in [0.15, 0.2) is 39.9 Å². The lowest BCUT2D eigenvalue weighted by molar-refractivity contribution is 0.0929. The number of para-hydroxylation sites is 1. The van der Waals surface area contributed by atoms with Crippen molar-refractivity contribution in [3.05, 3.63) is 53.0 Å². The minimum absolute atomic E-state index is 0.190. The largest absolute Gasteiger partial charge is 0.493 e. The molecular formula is C19H21N3O3. The lowest BCUT2D eigenvalue weighted by Gasteiger charge is -2.04. The number of hydrogen-bond donors (Lipinski definition) is 1. The van der Waals surface area contributed by atoms with E-state index in [0.29, 0.717) is 11.3 Å². The Balaban J connectivity index is 1.77. The average molecular weight is 339 g/mol. The maximum Gasteiger partial charge on any atom is 0.307 e. The van der Waals surface area contributed by atoms with Gasteiger partial charge in [0.25, 0.3) is 0 Å². The Kier molecular flexibility index (Phi) is 4.61. The van der Waals surface area contributed by atoms with E-state index in [1.807, 2.05) is 32.0 Å². The Morgan fingerprint density at radius 3 is 2.84 bits per heavy atom. The van der Waals surface area contributed by atoms with E-state index in [4.69, 9.17) is 9.15 Å². The number of aromatic nitrogens is 1. The van der Waals surface area contributed by atoms with E-state index in [1.54, 1.807) is 25.5 Å². The minimum Gasteiger partial charge on any atom is -0.493 e. The number of rotatable bonds is 5. The van der Waals surface area contributed by atoms with E-state index in [2.05, 4.69) is 22.0 Å². The molecule has 3 rings (SSSR count). The average Bonchev–Trinajstić information content (AvgIpc) is 3.15. The second-order valence-electron chi connectivity index (χ2n) is 5.76. The summed E-state index contributed by atoms with van der Waals surface area (Å²) in [5.41, 5.74) is 6.31. The highest BCUT2D eigenvalue weighted by molar-refractivity contribution is 5.97. The van der Waals surface area contributed by atoms with Crippen molar-refractivity contribution in [3.8, 4) is 5.75 Å². The second-order valence-corrected chi connectivity index (χ2v) is 5.76. The van der Waals surface area contributed by atoms with Gasteiger partial charge in [-0.1, -0.05) is 12.1 Å². The fourth-order valence-corrected chi connectivity index (χ4v) is 2.97. The van der Waals surface area contributed by atoms with Crippen LogP contribution < -0.4 is 10.2 Å². The predicted molar refractivity (Wildman–Crippen MR) is 97.4 cm³/mol. The minimum atomic E-state index is -0.404. The van der Waals surface area contributed by atoms with Crippen LogP contribution in [-0.2, 0) is 6.54 Å². The van der Waals surface area contributed by atoms with E-state index in [9.17, 15) is 4.79 Å². The number of methoxy groups -OCH3 is 1. The highest BCUT2D eigenvalue weighted by Crippen LogP contribution is 2.28. The van der Waals surface area contributed by atoms with Gasteiger partial charge in [-0.05, 0) is 39.0 Å². The molecule has 0 saturated heterocycles. The van der Waals surface area contributed by atoms with Crippen molar-refractivity contribution < 1.29 is 13.9 Å². The Bertz CT molecular complexity index is 950. The van der Waals surface area contributed by atoms with Crippen LogP contribution in [0.25, 0.3) is 11.0 Å². The van der Waals surface area contributed by atoms with Gasteiger partial charge < -0.3 is 13.7 Å². The van der Waals surface area contributed by atoms with Crippen molar-refractivity contribution in [2.75, 3.05) is 7.11 Å². The van der Waals surface area contributed by atoms with Crippen LogP contribution in [0, 0.1) is 13.8 Å². The van der Waals surface area contributed by atoms with Crippen LogP contribution >= 0.6 is 0 Å². The van der Waals surface area contributed by atoms with E-state index in [0.717, 1.165) is 28.9 Å².